The molecule has 0 N–H and O–H groups in total. The molecule has 0 amide bonds. The Morgan fingerprint density at radius 2 is 0.769 bits per heavy atom. The second-order valence-corrected chi connectivity index (χ2v) is 17.2. The van der Waals surface area contributed by atoms with Crippen LogP contribution in [0.1, 0.15) is 16.7 Å². The molecule has 3 heterocycles. The summed E-state index contributed by atoms with van der Waals surface area (Å²) in [6.45, 7) is 6.46. The van der Waals surface area contributed by atoms with Crippen LogP contribution in [0, 0.1) is 20.8 Å². The van der Waals surface area contributed by atoms with Crippen LogP contribution in [0.3, 0.4) is 0 Å². The zero-order valence-corrected chi connectivity index (χ0v) is 36.5. The van der Waals surface area contributed by atoms with Crippen LogP contribution >= 0.6 is 0 Å². The van der Waals surface area contributed by atoms with Crippen molar-refractivity contribution < 1.29 is 0 Å². The minimum atomic E-state index is 0.738. The summed E-state index contributed by atoms with van der Waals surface area (Å²) in [5.74, 6) is 0.738. The third-order valence-corrected chi connectivity index (χ3v) is 13.2. The predicted octanol–water partition coefficient (Wildman–Crippen LogP) is 15.9. The summed E-state index contributed by atoms with van der Waals surface area (Å²) in [6.07, 6.45) is 0. The molecule has 12 rings (SSSR count). The fourth-order valence-corrected chi connectivity index (χ4v) is 9.91. The van der Waals surface area contributed by atoms with E-state index in [1.54, 1.807) is 0 Å². The lowest BCUT2D eigenvalue weighted by atomic mass is 9.94. The molecule has 0 radical (unpaired) electrons. The average Bonchev–Trinajstić information content (AvgIpc) is 3.87. The molecule has 0 unspecified atom stereocenters. The first-order chi connectivity index (χ1) is 32.0. The molecule has 0 saturated heterocycles. The van der Waals surface area contributed by atoms with Crippen molar-refractivity contribution in [1.29, 1.82) is 0 Å². The molecule has 0 aliphatic carbocycles. The maximum Gasteiger partial charge on any atom is 0.160 e. The fraction of sp³-hybridized carbons (Fsp3) is 0.0492. The maximum absolute atomic E-state index is 5.12. The van der Waals surface area contributed by atoms with Gasteiger partial charge in [0.05, 0.1) is 33.5 Å². The molecule has 308 valence electrons. The standard InChI is InChI=1S/C61H44N4/c1-39-14-4-6-16-49(39)56-38-55(62-61(63-56)50-17-7-5-15-40(50)2)44-26-24-43(25-27-44)48-34-30-45(36-41(48)3)42-28-31-46(32-29-42)64-59-23-13-10-20-53(59)54-37-47(33-35-60(54)64)65-57-21-11-8-18-51(57)52-19-9-12-22-58(52)65/h4-38H,1-3H3. The molecule has 4 heteroatoms. The van der Waals surface area contributed by atoms with E-state index in [1.165, 1.54) is 77.0 Å². The number of hydrogen-bond donors (Lipinski definition) is 0. The van der Waals surface area contributed by atoms with E-state index in [2.05, 4.69) is 242 Å². The monoisotopic (exact) mass is 832 g/mol. The van der Waals surface area contributed by atoms with Gasteiger partial charge in [-0.05, 0) is 114 Å². The third kappa shape index (κ3) is 6.53. The van der Waals surface area contributed by atoms with Gasteiger partial charge in [-0.25, -0.2) is 9.97 Å². The largest absolute Gasteiger partial charge is 0.309 e. The minimum absolute atomic E-state index is 0.738. The SMILES string of the molecule is Cc1cc(-c2ccc(-n3c4ccccc4c4cc(-n5c6ccccc6c6ccccc65)ccc43)cc2)ccc1-c1ccc(-c2cc(-c3ccccc3C)nc(-c3ccccc3C)n2)cc1. The Kier molecular flexibility index (Phi) is 9.13. The molecule has 65 heavy (non-hydrogen) atoms. The first-order valence-corrected chi connectivity index (χ1v) is 22.3. The highest BCUT2D eigenvalue weighted by atomic mass is 15.0. The van der Waals surface area contributed by atoms with E-state index in [0.29, 0.717) is 0 Å². The second kappa shape index (κ2) is 15.5. The number of nitrogens with zero attached hydrogens (tertiary/aromatic N) is 4. The van der Waals surface area contributed by atoms with Gasteiger partial charge in [-0.3, -0.25) is 0 Å². The van der Waals surface area contributed by atoms with Crippen LogP contribution in [-0.4, -0.2) is 19.1 Å². The Balaban J connectivity index is 0.853. The van der Waals surface area contributed by atoms with Crippen LogP contribution in [0.25, 0.3) is 111 Å². The van der Waals surface area contributed by atoms with Crippen molar-refractivity contribution in [2.24, 2.45) is 0 Å². The fourth-order valence-electron chi connectivity index (χ4n) is 9.91. The number of fused-ring (bicyclic) bond motifs is 6. The summed E-state index contributed by atoms with van der Waals surface area (Å²) in [5, 5.41) is 5.01. The Morgan fingerprint density at radius 3 is 1.40 bits per heavy atom. The van der Waals surface area contributed by atoms with Crippen molar-refractivity contribution in [3.63, 3.8) is 0 Å². The lowest BCUT2D eigenvalue weighted by Gasteiger charge is -2.13. The van der Waals surface area contributed by atoms with Crippen LogP contribution in [-0.2, 0) is 0 Å². The quantitative estimate of drug-likeness (QED) is 0.160. The van der Waals surface area contributed by atoms with Gasteiger partial charge in [0, 0.05) is 49.6 Å². The van der Waals surface area contributed by atoms with Crippen LogP contribution in [0.15, 0.2) is 212 Å². The molecule has 0 fully saturated rings. The van der Waals surface area contributed by atoms with E-state index in [1.807, 2.05) is 0 Å². The van der Waals surface area contributed by atoms with Gasteiger partial charge in [-0.1, -0.05) is 158 Å². The molecular weight excluding hydrogens is 789 g/mol. The van der Waals surface area contributed by atoms with Gasteiger partial charge in [0.25, 0.3) is 0 Å². The summed E-state index contributed by atoms with van der Waals surface area (Å²) in [7, 11) is 0. The van der Waals surface area contributed by atoms with E-state index in [9.17, 15) is 0 Å². The number of rotatable bonds is 7. The van der Waals surface area contributed by atoms with Crippen molar-refractivity contribution >= 4 is 43.6 Å². The molecule has 0 aliphatic heterocycles. The Hall–Kier alpha value is -8.34. The Morgan fingerprint density at radius 1 is 0.292 bits per heavy atom. The summed E-state index contributed by atoms with van der Waals surface area (Å²) < 4.78 is 4.80. The third-order valence-electron chi connectivity index (χ3n) is 13.2. The summed E-state index contributed by atoms with van der Waals surface area (Å²) in [4.78, 5) is 10.2. The van der Waals surface area contributed by atoms with Crippen molar-refractivity contribution in [1.82, 2.24) is 19.1 Å². The zero-order chi connectivity index (χ0) is 43.6. The number of benzene rings is 9. The Bertz CT molecular complexity index is 3680. The molecule has 12 aromatic rings. The number of aromatic nitrogens is 4. The molecule has 0 bridgehead atoms. The van der Waals surface area contributed by atoms with Crippen LogP contribution < -0.4 is 0 Å². The smallest absolute Gasteiger partial charge is 0.160 e. The summed E-state index contributed by atoms with van der Waals surface area (Å²) in [5.41, 5.74) is 20.5. The molecule has 0 saturated carbocycles. The van der Waals surface area contributed by atoms with Crippen LogP contribution in [0.5, 0.6) is 0 Å². The normalized spacial score (nSPS) is 11.6. The van der Waals surface area contributed by atoms with Gasteiger partial charge in [-0.2, -0.15) is 0 Å². The van der Waals surface area contributed by atoms with Crippen molar-refractivity contribution in [3.05, 3.63) is 229 Å². The number of aryl methyl sites for hydroxylation is 3. The van der Waals surface area contributed by atoms with E-state index in [4.69, 9.17) is 9.97 Å². The molecule has 4 nitrogen and oxygen atoms in total. The van der Waals surface area contributed by atoms with Crippen LogP contribution in [0.4, 0.5) is 0 Å². The minimum Gasteiger partial charge on any atom is -0.309 e. The predicted molar refractivity (Wildman–Crippen MR) is 272 cm³/mol. The maximum atomic E-state index is 5.12. The topological polar surface area (TPSA) is 35.6 Å². The molecular formula is C61H44N4. The first-order valence-electron chi connectivity index (χ1n) is 22.3. The van der Waals surface area contributed by atoms with Gasteiger partial charge < -0.3 is 9.13 Å². The highest BCUT2D eigenvalue weighted by Crippen LogP contribution is 2.38. The highest BCUT2D eigenvalue weighted by Gasteiger charge is 2.18. The van der Waals surface area contributed by atoms with E-state index in [0.717, 1.165) is 50.8 Å². The molecule has 9 aromatic carbocycles. The summed E-state index contributed by atoms with van der Waals surface area (Å²) >= 11 is 0. The van der Waals surface area contributed by atoms with Crippen molar-refractivity contribution in [3.8, 4) is 67.5 Å². The van der Waals surface area contributed by atoms with Gasteiger partial charge in [0.15, 0.2) is 5.82 Å². The first kappa shape index (κ1) is 38.3. The van der Waals surface area contributed by atoms with E-state index >= 15 is 0 Å². The lowest BCUT2D eigenvalue weighted by Crippen LogP contribution is -1.98. The average molecular weight is 833 g/mol. The Labute approximate surface area is 378 Å². The van der Waals surface area contributed by atoms with E-state index in [-0.39, 0.29) is 0 Å². The van der Waals surface area contributed by atoms with Gasteiger partial charge >= 0.3 is 0 Å². The molecule has 0 spiro atoms. The molecule has 0 atom stereocenters. The number of para-hydroxylation sites is 3. The zero-order valence-electron chi connectivity index (χ0n) is 36.5. The van der Waals surface area contributed by atoms with Gasteiger partial charge in [-0.15, -0.1) is 0 Å². The molecule has 0 aliphatic rings. The van der Waals surface area contributed by atoms with Crippen molar-refractivity contribution in [2.45, 2.75) is 20.8 Å². The van der Waals surface area contributed by atoms with E-state index < -0.39 is 0 Å². The van der Waals surface area contributed by atoms with Gasteiger partial charge in [0.1, 0.15) is 0 Å². The van der Waals surface area contributed by atoms with Crippen LogP contribution in [0.2, 0.25) is 0 Å². The number of hydrogen-bond acceptors (Lipinski definition) is 2. The lowest BCUT2D eigenvalue weighted by molar-refractivity contribution is 1.17. The second-order valence-electron chi connectivity index (χ2n) is 17.2. The van der Waals surface area contributed by atoms with Gasteiger partial charge in [0.2, 0.25) is 0 Å². The molecule has 3 aromatic heterocycles. The van der Waals surface area contributed by atoms with Crippen molar-refractivity contribution in [2.75, 3.05) is 0 Å². The summed E-state index contributed by atoms with van der Waals surface area (Å²) in [6, 6.07) is 76.6. The highest BCUT2D eigenvalue weighted by molar-refractivity contribution is 6.12.